The number of nitrogens with zero attached hydrogens (tertiary/aromatic N) is 2. The Labute approximate surface area is 97.6 Å². The van der Waals surface area contributed by atoms with Crippen LogP contribution < -0.4 is 5.32 Å². The molecule has 1 fully saturated rings. The number of aromatic nitrogens is 1. The Morgan fingerprint density at radius 2 is 2.06 bits per heavy atom. The average molecular weight is 241 g/mol. The first-order valence-electron chi connectivity index (χ1n) is 5.43. The molecule has 0 aromatic carbocycles. The molecule has 1 amide bonds. The molecule has 4 nitrogen and oxygen atoms in total. The molecule has 1 aliphatic heterocycles. The smallest absolute Gasteiger partial charge is 0.280 e. The number of hydrogen-bond donors (Lipinski definition) is 1. The molecule has 0 bridgehead atoms. The minimum absolute atomic E-state index is 0.0877. The van der Waals surface area contributed by atoms with Crippen molar-refractivity contribution >= 4 is 5.91 Å². The molecule has 0 spiro atoms. The third-order valence-corrected chi connectivity index (χ3v) is 2.62. The second-order valence-corrected chi connectivity index (χ2v) is 3.79. The van der Waals surface area contributed by atoms with Gasteiger partial charge in [-0.3, -0.25) is 4.79 Å². The Morgan fingerprint density at radius 3 is 2.71 bits per heavy atom. The number of carbonyl (C=O) groups excluding carboxylic acids is 1. The average Bonchev–Trinajstić information content (AvgIpc) is 2.39. The molecule has 17 heavy (non-hydrogen) atoms. The normalized spacial score (nSPS) is 16.3. The van der Waals surface area contributed by atoms with Crippen molar-refractivity contribution in [3.05, 3.63) is 29.6 Å². The van der Waals surface area contributed by atoms with Crippen molar-refractivity contribution in [1.82, 2.24) is 15.2 Å². The fraction of sp³-hybridized carbons (Fsp3) is 0.455. The molecule has 1 saturated heterocycles. The van der Waals surface area contributed by atoms with Crippen molar-refractivity contribution < 1.29 is 13.6 Å². The molecule has 0 radical (unpaired) electrons. The third-order valence-electron chi connectivity index (χ3n) is 2.62. The molecule has 1 aromatic heterocycles. The number of hydrogen-bond acceptors (Lipinski definition) is 3. The molecular formula is C11H13F2N3O. The second-order valence-electron chi connectivity index (χ2n) is 3.79. The summed E-state index contributed by atoms with van der Waals surface area (Å²) < 4.78 is 24.9. The summed E-state index contributed by atoms with van der Waals surface area (Å²) in [6, 6.07) is 4.12. The van der Waals surface area contributed by atoms with Gasteiger partial charge < -0.3 is 10.2 Å². The van der Waals surface area contributed by atoms with Crippen LogP contribution in [-0.2, 0) is 0 Å². The Bertz CT molecular complexity index is 405. The molecule has 1 aromatic rings. The summed E-state index contributed by atoms with van der Waals surface area (Å²) in [4.78, 5) is 17.3. The summed E-state index contributed by atoms with van der Waals surface area (Å²) in [7, 11) is 0. The number of piperazine rings is 1. The Kier molecular flexibility index (Phi) is 3.63. The van der Waals surface area contributed by atoms with Gasteiger partial charge in [0.1, 0.15) is 11.4 Å². The zero-order chi connectivity index (χ0) is 12.3. The van der Waals surface area contributed by atoms with Gasteiger partial charge in [-0.25, -0.2) is 13.8 Å². The SMILES string of the molecule is O=C(c1cccc(C(F)F)n1)N1CCNCC1. The van der Waals surface area contributed by atoms with Crippen molar-refractivity contribution in [2.45, 2.75) is 6.43 Å². The Morgan fingerprint density at radius 1 is 1.35 bits per heavy atom. The minimum Gasteiger partial charge on any atom is -0.335 e. The van der Waals surface area contributed by atoms with E-state index in [2.05, 4.69) is 10.3 Å². The summed E-state index contributed by atoms with van der Waals surface area (Å²) in [6.07, 6.45) is -2.65. The van der Waals surface area contributed by atoms with Crippen LogP contribution in [0.25, 0.3) is 0 Å². The topological polar surface area (TPSA) is 45.2 Å². The van der Waals surface area contributed by atoms with Gasteiger partial charge in [-0.05, 0) is 12.1 Å². The van der Waals surface area contributed by atoms with E-state index in [4.69, 9.17) is 0 Å². The van der Waals surface area contributed by atoms with Crippen molar-refractivity contribution in [3.63, 3.8) is 0 Å². The van der Waals surface area contributed by atoms with Crippen molar-refractivity contribution in [1.29, 1.82) is 0 Å². The first kappa shape index (κ1) is 11.9. The first-order chi connectivity index (χ1) is 8.18. The highest BCUT2D eigenvalue weighted by molar-refractivity contribution is 5.92. The lowest BCUT2D eigenvalue weighted by Gasteiger charge is -2.27. The van der Waals surface area contributed by atoms with Gasteiger partial charge in [-0.15, -0.1) is 0 Å². The van der Waals surface area contributed by atoms with Crippen LogP contribution in [0.4, 0.5) is 8.78 Å². The number of carbonyl (C=O) groups is 1. The Balaban J connectivity index is 2.15. The maximum atomic E-state index is 12.5. The van der Waals surface area contributed by atoms with E-state index >= 15 is 0 Å². The van der Waals surface area contributed by atoms with E-state index in [1.807, 2.05) is 0 Å². The number of halogens is 2. The van der Waals surface area contributed by atoms with Crippen LogP contribution in [0, 0.1) is 0 Å². The predicted octanol–water partition coefficient (Wildman–Crippen LogP) is 1.06. The van der Waals surface area contributed by atoms with E-state index in [1.165, 1.54) is 18.2 Å². The van der Waals surface area contributed by atoms with E-state index < -0.39 is 6.43 Å². The number of nitrogens with one attached hydrogen (secondary N) is 1. The zero-order valence-corrected chi connectivity index (χ0v) is 9.20. The van der Waals surface area contributed by atoms with Gasteiger partial charge in [-0.1, -0.05) is 6.07 Å². The predicted molar refractivity (Wildman–Crippen MR) is 58.0 cm³/mol. The van der Waals surface area contributed by atoms with Crippen LogP contribution in [0.15, 0.2) is 18.2 Å². The van der Waals surface area contributed by atoms with Crippen molar-refractivity contribution in [2.24, 2.45) is 0 Å². The highest BCUT2D eigenvalue weighted by atomic mass is 19.3. The second kappa shape index (κ2) is 5.18. The van der Waals surface area contributed by atoms with Gasteiger partial charge in [0.15, 0.2) is 0 Å². The summed E-state index contributed by atoms with van der Waals surface area (Å²) in [5, 5.41) is 3.12. The summed E-state index contributed by atoms with van der Waals surface area (Å²) in [5.41, 5.74) is -0.268. The van der Waals surface area contributed by atoms with Gasteiger partial charge >= 0.3 is 0 Å². The monoisotopic (exact) mass is 241 g/mol. The van der Waals surface area contributed by atoms with Gasteiger partial charge in [0.2, 0.25) is 0 Å². The fourth-order valence-corrected chi connectivity index (χ4v) is 1.72. The maximum Gasteiger partial charge on any atom is 0.280 e. The quantitative estimate of drug-likeness (QED) is 0.842. The van der Waals surface area contributed by atoms with Crippen molar-refractivity contribution in [3.8, 4) is 0 Å². The molecule has 0 unspecified atom stereocenters. The number of pyridine rings is 1. The molecular weight excluding hydrogens is 228 g/mol. The van der Waals surface area contributed by atoms with E-state index in [1.54, 1.807) is 4.90 Å². The molecule has 2 heterocycles. The number of rotatable bonds is 2. The van der Waals surface area contributed by atoms with Gasteiger partial charge in [-0.2, -0.15) is 0 Å². The minimum atomic E-state index is -2.65. The molecule has 1 N–H and O–H groups in total. The van der Waals surface area contributed by atoms with Crippen LogP contribution in [0.1, 0.15) is 22.6 Å². The van der Waals surface area contributed by atoms with E-state index in [0.29, 0.717) is 13.1 Å². The lowest BCUT2D eigenvalue weighted by molar-refractivity contribution is 0.0728. The molecule has 0 atom stereocenters. The largest absolute Gasteiger partial charge is 0.335 e. The summed E-state index contributed by atoms with van der Waals surface area (Å²) in [6.45, 7) is 2.61. The lowest BCUT2D eigenvalue weighted by Crippen LogP contribution is -2.46. The standard InChI is InChI=1S/C11H13F2N3O/c12-10(13)8-2-1-3-9(15-8)11(17)16-6-4-14-5-7-16/h1-3,10,14H,4-7H2. The van der Waals surface area contributed by atoms with Crippen LogP contribution in [-0.4, -0.2) is 42.0 Å². The highest BCUT2D eigenvalue weighted by Gasteiger charge is 2.20. The maximum absolute atomic E-state index is 12.5. The highest BCUT2D eigenvalue weighted by Crippen LogP contribution is 2.16. The summed E-state index contributed by atoms with van der Waals surface area (Å²) >= 11 is 0. The van der Waals surface area contributed by atoms with Crippen LogP contribution in [0.3, 0.4) is 0 Å². The third kappa shape index (κ3) is 2.76. The number of alkyl halides is 2. The van der Waals surface area contributed by atoms with Crippen molar-refractivity contribution in [2.75, 3.05) is 26.2 Å². The molecule has 0 saturated carbocycles. The van der Waals surface area contributed by atoms with Crippen LogP contribution >= 0.6 is 0 Å². The van der Waals surface area contributed by atoms with Gasteiger partial charge in [0.25, 0.3) is 12.3 Å². The lowest BCUT2D eigenvalue weighted by atomic mass is 10.2. The Hall–Kier alpha value is -1.56. The molecule has 1 aliphatic rings. The van der Waals surface area contributed by atoms with E-state index in [0.717, 1.165) is 13.1 Å². The molecule has 92 valence electrons. The molecule has 2 rings (SSSR count). The number of amides is 1. The summed E-state index contributed by atoms with van der Waals surface area (Å²) in [5.74, 6) is -0.283. The zero-order valence-electron chi connectivity index (χ0n) is 9.20. The van der Waals surface area contributed by atoms with Gasteiger partial charge in [0, 0.05) is 26.2 Å². The van der Waals surface area contributed by atoms with Crippen LogP contribution in [0.5, 0.6) is 0 Å². The fourth-order valence-electron chi connectivity index (χ4n) is 1.72. The van der Waals surface area contributed by atoms with Crippen LogP contribution in [0.2, 0.25) is 0 Å². The first-order valence-corrected chi connectivity index (χ1v) is 5.43. The molecule has 0 aliphatic carbocycles. The van der Waals surface area contributed by atoms with E-state index in [9.17, 15) is 13.6 Å². The van der Waals surface area contributed by atoms with E-state index in [-0.39, 0.29) is 17.3 Å². The van der Waals surface area contributed by atoms with Gasteiger partial charge in [0.05, 0.1) is 0 Å². The molecule has 6 heteroatoms.